The highest BCUT2D eigenvalue weighted by atomic mass is 32.2. The average molecular weight is 433 g/mol. The Balaban J connectivity index is 2.00. The van der Waals surface area contributed by atoms with E-state index >= 15 is 0 Å². The van der Waals surface area contributed by atoms with Crippen molar-refractivity contribution < 1.29 is 22.7 Å². The maximum absolute atomic E-state index is 12.4. The third-order valence-corrected chi connectivity index (χ3v) is 5.55. The summed E-state index contributed by atoms with van der Waals surface area (Å²) in [5.41, 5.74) is 1.27. The first-order valence-corrected chi connectivity index (χ1v) is 11.3. The van der Waals surface area contributed by atoms with Crippen LogP contribution in [0.2, 0.25) is 0 Å². The maximum atomic E-state index is 12.4. The SMILES string of the molecule is C=CCNS(=O)(=O)c1cccc(C(=O)NCCc2ccc(OCC)c(OCC)c2)c1. The number of carbonyl (C=O) groups excluding carboxylic acids is 1. The molecule has 30 heavy (non-hydrogen) atoms. The van der Waals surface area contributed by atoms with Crippen molar-refractivity contribution in [2.45, 2.75) is 25.2 Å². The zero-order chi connectivity index (χ0) is 22.0. The van der Waals surface area contributed by atoms with Crippen molar-refractivity contribution in [1.82, 2.24) is 10.0 Å². The van der Waals surface area contributed by atoms with Gasteiger partial charge in [0.15, 0.2) is 11.5 Å². The molecule has 2 rings (SSSR count). The van der Waals surface area contributed by atoms with E-state index in [2.05, 4.69) is 16.6 Å². The van der Waals surface area contributed by atoms with Gasteiger partial charge in [0.2, 0.25) is 10.0 Å². The lowest BCUT2D eigenvalue weighted by Gasteiger charge is -2.13. The van der Waals surface area contributed by atoms with Gasteiger partial charge >= 0.3 is 0 Å². The highest BCUT2D eigenvalue weighted by Gasteiger charge is 2.15. The van der Waals surface area contributed by atoms with Crippen LogP contribution in [0.15, 0.2) is 60.0 Å². The predicted octanol–water partition coefficient (Wildman–Crippen LogP) is 2.92. The van der Waals surface area contributed by atoms with E-state index in [4.69, 9.17) is 9.47 Å². The third kappa shape index (κ3) is 6.60. The molecule has 0 atom stereocenters. The summed E-state index contributed by atoms with van der Waals surface area (Å²) < 4.78 is 38.0. The minimum absolute atomic E-state index is 0.0323. The summed E-state index contributed by atoms with van der Waals surface area (Å²) in [6.45, 7) is 8.89. The molecule has 2 aromatic rings. The molecule has 8 heteroatoms. The smallest absolute Gasteiger partial charge is 0.251 e. The summed E-state index contributed by atoms with van der Waals surface area (Å²) in [7, 11) is -3.69. The molecule has 0 radical (unpaired) electrons. The molecule has 0 aliphatic rings. The second kappa shape index (κ2) is 11.4. The van der Waals surface area contributed by atoms with Gasteiger partial charge in [-0.2, -0.15) is 0 Å². The summed E-state index contributed by atoms with van der Waals surface area (Å²) in [6.07, 6.45) is 2.04. The fourth-order valence-electron chi connectivity index (χ4n) is 2.73. The summed E-state index contributed by atoms with van der Waals surface area (Å²) in [6, 6.07) is 11.6. The number of carbonyl (C=O) groups is 1. The van der Waals surface area contributed by atoms with Gasteiger partial charge in [0.05, 0.1) is 18.1 Å². The zero-order valence-corrected chi connectivity index (χ0v) is 18.1. The Kier molecular flexibility index (Phi) is 8.89. The van der Waals surface area contributed by atoms with Crippen LogP contribution < -0.4 is 19.5 Å². The van der Waals surface area contributed by atoms with Crippen molar-refractivity contribution in [3.63, 3.8) is 0 Å². The molecule has 0 unspecified atom stereocenters. The van der Waals surface area contributed by atoms with Crippen molar-refractivity contribution >= 4 is 15.9 Å². The van der Waals surface area contributed by atoms with E-state index in [1.165, 1.54) is 24.3 Å². The molecule has 0 bridgehead atoms. The summed E-state index contributed by atoms with van der Waals surface area (Å²) in [4.78, 5) is 12.5. The van der Waals surface area contributed by atoms with Crippen LogP contribution in [0.5, 0.6) is 11.5 Å². The van der Waals surface area contributed by atoms with Gasteiger partial charge in [0.25, 0.3) is 5.91 Å². The molecule has 7 nitrogen and oxygen atoms in total. The molecule has 162 valence electrons. The molecule has 2 aromatic carbocycles. The van der Waals surface area contributed by atoms with Gasteiger partial charge in [-0.25, -0.2) is 13.1 Å². The lowest BCUT2D eigenvalue weighted by atomic mass is 10.1. The fraction of sp³-hybridized carbons (Fsp3) is 0.318. The second-order valence-corrected chi connectivity index (χ2v) is 8.09. The minimum Gasteiger partial charge on any atom is -0.490 e. The number of hydrogen-bond donors (Lipinski definition) is 2. The predicted molar refractivity (Wildman–Crippen MR) is 117 cm³/mol. The molecular formula is C22H28N2O5S. The first kappa shape index (κ1) is 23.4. The molecule has 0 heterocycles. The van der Waals surface area contributed by atoms with Crippen LogP contribution in [-0.2, 0) is 16.4 Å². The molecule has 0 saturated heterocycles. The number of hydrogen-bond acceptors (Lipinski definition) is 5. The van der Waals surface area contributed by atoms with Gasteiger partial charge in [-0.05, 0) is 56.2 Å². The van der Waals surface area contributed by atoms with Crippen molar-refractivity contribution in [3.8, 4) is 11.5 Å². The van der Waals surface area contributed by atoms with Gasteiger partial charge in [-0.3, -0.25) is 4.79 Å². The van der Waals surface area contributed by atoms with Crippen molar-refractivity contribution in [2.24, 2.45) is 0 Å². The van der Waals surface area contributed by atoms with Crippen LogP contribution in [0.25, 0.3) is 0 Å². The summed E-state index contributed by atoms with van der Waals surface area (Å²) >= 11 is 0. The Labute approximate surface area is 178 Å². The van der Waals surface area contributed by atoms with Crippen LogP contribution in [0.3, 0.4) is 0 Å². The maximum Gasteiger partial charge on any atom is 0.251 e. The monoisotopic (exact) mass is 432 g/mol. The van der Waals surface area contributed by atoms with Crippen molar-refractivity contribution in [3.05, 3.63) is 66.2 Å². The molecule has 2 N–H and O–H groups in total. The van der Waals surface area contributed by atoms with Crippen molar-refractivity contribution in [1.29, 1.82) is 0 Å². The number of benzene rings is 2. The highest BCUT2D eigenvalue weighted by Crippen LogP contribution is 2.28. The van der Waals surface area contributed by atoms with Gasteiger partial charge in [-0.15, -0.1) is 6.58 Å². The second-order valence-electron chi connectivity index (χ2n) is 6.32. The van der Waals surface area contributed by atoms with E-state index in [1.807, 2.05) is 32.0 Å². The largest absolute Gasteiger partial charge is 0.490 e. The van der Waals surface area contributed by atoms with E-state index in [0.717, 1.165) is 5.56 Å². The van der Waals surface area contributed by atoms with Gasteiger partial charge in [0, 0.05) is 18.7 Å². The number of sulfonamides is 1. The van der Waals surface area contributed by atoms with E-state index < -0.39 is 10.0 Å². The lowest BCUT2D eigenvalue weighted by molar-refractivity contribution is 0.0954. The van der Waals surface area contributed by atoms with Gasteiger partial charge < -0.3 is 14.8 Å². The molecule has 0 saturated carbocycles. The third-order valence-electron chi connectivity index (χ3n) is 4.13. The van der Waals surface area contributed by atoms with Gasteiger partial charge in [0.1, 0.15) is 0 Å². The minimum atomic E-state index is -3.69. The summed E-state index contributed by atoms with van der Waals surface area (Å²) in [5, 5.41) is 2.82. The van der Waals surface area contributed by atoms with Crippen LogP contribution in [0, 0.1) is 0 Å². The van der Waals surface area contributed by atoms with E-state index in [1.54, 1.807) is 6.07 Å². The van der Waals surface area contributed by atoms with E-state index in [-0.39, 0.29) is 22.9 Å². The number of rotatable bonds is 12. The Morgan fingerprint density at radius 2 is 1.80 bits per heavy atom. The molecule has 0 aliphatic heterocycles. The average Bonchev–Trinajstić information content (AvgIpc) is 2.74. The first-order valence-electron chi connectivity index (χ1n) is 9.78. The molecule has 0 spiro atoms. The van der Waals surface area contributed by atoms with Crippen LogP contribution in [0.1, 0.15) is 29.8 Å². The van der Waals surface area contributed by atoms with Gasteiger partial charge in [-0.1, -0.05) is 18.2 Å². The number of nitrogens with one attached hydrogen (secondary N) is 2. The van der Waals surface area contributed by atoms with Crippen LogP contribution >= 0.6 is 0 Å². The summed E-state index contributed by atoms with van der Waals surface area (Å²) in [5.74, 6) is 1.02. The Bertz CT molecular complexity index is 973. The van der Waals surface area contributed by atoms with Crippen molar-refractivity contribution in [2.75, 3.05) is 26.3 Å². The Hall–Kier alpha value is -2.84. The Morgan fingerprint density at radius 1 is 1.07 bits per heavy atom. The molecule has 0 fully saturated rings. The van der Waals surface area contributed by atoms with E-state index in [9.17, 15) is 13.2 Å². The fourth-order valence-corrected chi connectivity index (χ4v) is 3.77. The van der Waals surface area contributed by atoms with Crippen LogP contribution in [0.4, 0.5) is 0 Å². The van der Waals surface area contributed by atoms with Crippen LogP contribution in [-0.4, -0.2) is 40.6 Å². The van der Waals surface area contributed by atoms with E-state index in [0.29, 0.717) is 37.7 Å². The zero-order valence-electron chi connectivity index (χ0n) is 17.3. The molecule has 1 amide bonds. The standard InChI is InChI=1S/C22H28N2O5S/c1-4-13-24-30(26,27)19-9-7-8-18(16-19)22(25)23-14-12-17-10-11-20(28-5-2)21(15-17)29-6-3/h4,7-11,15-16,24H,1,5-6,12-14H2,2-3H3,(H,23,25). The topological polar surface area (TPSA) is 93.7 Å². The quantitative estimate of drug-likeness (QED) is 0.503. The lowest BCUT2D eigenvalue weighted by Crippen LogP contribution is -2.27. The number of ether oxygens (including phenoxy) is 2. The first-order chi connectivity index (χ1) is 14.4. The molecule has 0 aliphatic carbocycles. The molecular weight excluding hydrogens is 404 g/mol. The highest BCUT2D eigenvalue weighted by molar-refractivity contribution is 7.89. The Morgan fingerprint density at radius 3 is 2.50 bits per heavy atom. The normalized spacial score (nSPS) is 11.0. The molecule has 0 aromatic heterocycles. The number of amides is 1.